The fourth-order valence-electron chi connectivity index (χ4n) is 4.22. The number of carbonyl (C=O) groups is 1. The van der Waals surface area contributed by atoms with Crippen LogP contribution in [0.25, 0.3) is 17.2 Å². The Hall–Kier alpha value is -4.99. The number of ether oxygens (including phenoxy) is 1. The van der Waals surface area contributed by atoms with E-state index in [1.54, 1.807) is 24.3 Å². The fraction of sp³-hybridized carbons (Fsp3) is 0.133. The maximum absolute atomic E-state index is 13.7. The number of aromatic nitrogens is 4. The second kappa shape index (κ2) is 11.4. The van der Waals surface area contributed by atoms with E-state index in [-0.39, 0.29) is 18.2 Å². The van der Waals surface area contributed by atoms with E-state index in [2.05, 4.69) is 39.3 Å². The lowest BCUT2D eigenvalue weighted by Crippen LogP contribution is -2.18. The van der Waals surface area contributed by atoms with E-state index in [0.717, 1.165) is 18.4 Å². The van der Waals surface area contributed by atoms with Crippen LogP contribution in [0.5, 0.6) is 5.75 Å². The van der Waals surface area contributed by atoms with Gasteiger partial charge in [0.25, 0.3) is 0 Å². The van der Waals surface area contributed by atoms with Crippen molar-refractivity contribution in [2.75, 3.05) is 0 Å². The Kier molecular flexibility index (Phi) is 7.59. The molecule has 2 aromatic heterocycles. The lowest BCUT2D eigenvalue weighted by molar-refractivity contribution is -0.143. The molecule has 0 spiro atoms. The number of carboxylic acids is 1. The SMILES string of the molecule is O=C(O)c1cnn(-c2ccnc(-c3ccccc3OCc3ccc(CCc4ccccc4)cc3)n2)c1C(F)(F)F. The summed E-state index contributed by atoms with van der Waals surface area (Å²) in [5.41, 5.74) is 1.50. The van der Waals surface area contributed by atoms with Crippen molar-refractivity contribution in [3.05, 3.63) is 125 Å². The van der Waals surface area contributed by atoms with E-state index >= 15 is 0 Å². The van der Waals surface area contributed by atoms with Gasteiger partial charge in [0.2, 0.25) is 0 Å². The summed E-state index contributed by atoms with van der Waals surface area (Å²) in [5.74, 6) is -1.43. The van der Waals surface area contributed by atoms with Gasteiger partial charge in [-0.15, -0.1) is 0 Å². The van der Waals surface area contributed by atoms with Crippen LogP contribution in [0, 0.1) is 0 Å². The molecule has 7 nitrogen and oxygen atoms in total. The van der Waals surface area contributed by atoms with Crippen LogP contribution in [0.15, 0.2) is 97.3 Å². The molecule has 0 aliphatic heterocycles. The van der Waals surface area contributed by atoms with Crippen LogP contribution >= 0.6 is 0 Å². The van der Waals surface area contributed by atoms with Crippen molar-refractivity contribution < 1.29 is 27.8 Å². The van der Waals surface area contributed by atoms with Gasteiger partial charge in [-0.25, -0.2) is 19.4 Å². The molecule has 0 bridgehead atoms. The Labute approximate surface area is 227 Å². The molecule has 0 unspecified atom stereocenters. The van der Waals surface area contributed by atoms with Gasteiger partial charge >= 0.3 is 12.1 Å². The Balaban J connectivity index is 1.33. The van der Waals surface area contributed by atoms with Crippen LogP contribution in [0.3, 0.4) is 0 Å². The van der Waals surface area contributed by atoms with Gasteiger partial charge in [-0.05, 0) is 41.7 Å². The summed E-state index contributed by atoms with van der Waals surface area (Å²) in [6.07, 6.45) is -1.17. The molecule has 0 saturated carbocycles. The summed E-state index contributed by atoms with van der Waals surface area (Å²) in [6.45, 7) is 0.259. The molecule has 0 atom stereocenters. The molecule has 202 valence electrons. The van der Waals surface area contributed by atoms with Crippen molar-refractivity contribution >= 4 is 5.97 Å². The first-order valence-corrected chi connectivity index (χ1v) is 12.4. The maximum Gasteiger partial charge on any atom is 0.434 e. The van der Waals surface area contributed by atoms with Crippen molar-refractivity contribution in [3.63, 3.8) is 0 Å². The number of carboxylic acid groups (broad SMARTS) is 1. The van der Waals surface area contributed by atoms with Crippen LogP contribution in [0.1, 0.15) is 32.7 Å². The topological polar surface area (TPSA) is 90.1 Å². The van der Waals surface area contributed by atoms with Gasteiger partial charge in [-0.3, -0.25) is 0 Å². The van der Waals surface area contributed by atoms with Crippen LogP contribution in [-0.4, -0.2) is 30.8 Å². The third-order valence-electron chi connectivity index (χ3n) is 6.22. The minimum absolute atomic E-state index is 0.102. The van der Waals surface area contributed by atoms with Gasteiger partial charge < -0.3 is 9.84 Å². The molecule has 3 aromatic carbocycles. The smallest absolute Gasteiger partial charge is 0.434 e. The van der Waals surface area contributed by atoms with Gasteiger partial charge in [0.05, 0.1) is 11.8 Å². The molecule has 0 amide bonds. The molecular formula is C30H23F3N4O3. The predicted octanol–water partition coefficient (Wildman–Crippen LogP) is 6.41. The standard InChI is InChI=1S/C30H23F3N4O3/c31-30(32,33)27-24(29(38)39)18-35-37(27)26-16-17-34-28(36-26)23-8-4-5-9-25(23)40-19-22-14-12-21(13-15-22)11-10-20-6-2-1-3-7-20/h1-9,12-18H,10-11,19H2,(H,38,39). The molecule has 5 aromatic rings. The monoisotopic (exact) mass is 544 g/mol. The summed E-state index contributed by atoms with van der Waals surface area (Å²) in [4.78, 5) is 19.8. The number of benzene rings is 3. The van der Waals surface area contributed by atoms with E-state index < -0.39 is 23.4 Å². The van der Waals surface area contributed by atoms with E-state index in [1.807, 2.05) is 30.3 Å². The number of aryl methyl sites for hydroxylation is 2. The first-order chi connectivity index (χ1) is 19.3. The van der Waals surface area contributed by atoms with Crippen molar-refractivity contribution in [1.29, 1.82) is 0 Å². The van der Waals surface area contributed by atoms with E-state index in [4.69, 9.17) is 4.74 Å². The number of nitrogens with zero attached hydrogens (tertiary/aromatic N) is 4. The molecule has 0 radical (unpaired) electrons. The number of aromatic carboxylic acids is 1. The molecule has 1 N–H and O–H groups in total. The predicted molar refractivity (Wildman–Crippen MR) is 141 cm³/mol. The molecule has 5 rings (SSSR count). The van der Waals surface area contributed by atoms with Gasteiger partial charge in [0.15, 0.2) is 17.3 Å². The van der Waals surface area contributed by atoms with Gasteiger partial charge in [0.1, 0.15) is 17.9 Å². The zero-order chi connectivity index (χ0) is 28.1. The maximum atomic E-state index is 13.7. The number of alkyl halides is 3. The van der Waals surface area contributed by atoms with Crippen molar-refractivity contribution in [3.8, 4) is 23.0 Å². The highest BCUT2D eigenvalue weighted by Gasteiger charge is 2.41. The quantitative estimate of drug-likeness (QED) is 0.231. The Bertz CT molecular complexity index is 1620. The first kappa shape index (κ1) is 26.6. The molecule has 0 aliphatic carbocycles. The molecule has 0 saturated heterocycles. The van der Waals surface area contributed by atoms with Crippen molar-refractivity contribution in [2.45, 2.75) is 25.6 Å². The summed E-state index contributed by atoms with van der Waals surface area (Å²) in [7, 11) is 0. The summed E-state index contributed by atoms with van der Waals surface area (Å²) < 4.78 is 47.6. The number of hydrogen-bond acceptors (Lipinski definition) is 5. The highest BCUT2D eigenvalue weighted by atomic mass is 19.4. The van der Waals surface area contributed by atoms with Crippen LogP contribution in [-0.2, 0) is 25.6 Å². The summed E-state index contributed by atoms with van der Waals surface area (Å²) >= 11 is 0. The second-order valence-electron chi connectivity index (χ2n) is 8.95. The lowest BCUT2D eigenvalue weighted by atomic mass is 10.0. The molecular weight excluding hydrogens is 521 g/mol. The zero-order valence-corrected chi connectivity index (χ0v) is 21.0. The average Bonchev–Trinajstić information content (AvgIpc) is 3.43. The second-order valence-corrected chi connectivity index (χ2v) is 8.95. The Morgan fingerprint density at radius 3 is 2.20 bits per heavy atom. The largest absolute Gasteiger partial charge is 0.488 e. The van der Waals surface area contributed by atoms with Crippen LogP contribution in [0.2, 0.25) is 0 Å². The van der Waals surface area contributed by atoms with E-state index in [9.17, 15) is 23.1 Å². The molecule has 0 fully saturated rings. The van der Waals surface area contributed by atoms with Gasteiger partial charge in [-0.2, -0.15) is 18.3 Å². The van der Waals surface area contributed by atoms with Crippen LogP contribution < -0.4 is 4.74 Å². The fourth-order valence-corrected chi connectivity index (χ4v) is 4.22. The van der Waals surface area contributed by atoms with E-state index in [1.165, 1.54) is 23.4 Å². The summed E-state index contributed by atoms with van der Waals surface area (Å²) in [6, 6.07) is 26.5. The molecule has 0 aliphatic rings. The third-order valence-corrected chi connectivity index (χ3v) is 6.22. The number of rotatable bonds is 9. The van der Waals surface area contributed by atoms with Crippen molar-refractivity contribution in [1.82, 2.24) is 19.7 Å². The number of para-hydroxylation sites is 1. The highest BCUT2D eigenvalue weighted by molar-refractivity contribution is 5.89. The molecule has 10 heteroatoms. The Morgan fingerprint density at radius 2 is 1.50 bits per heavy atom. The Morgan fingerprint density at radius 1 is 0.850 bits per heavy atom. The lowest BCUT2D eigenvalue weighted by Gasteiger charge is -2.13. The highest BCUT2D eigenvalue weighted by Crippen LogP contribution is 2.34. The normalized spacial score (nSPS) is 11.4. The van der Waals surface area contributed by atoms with Gasteiger partial charge in [0, 0.05) is 12.3 Å². The van der Waals surface area contributed by atoms with Crippen molar-refractivity contribution in [2.24, 2.45) is 0 Å². The van der Waals surface area contributed by atoms with Gasteiger partial charge in [-0.1, -0.05) is 66.7 Å². The number of hydrogen-bond donors (Lipinski definition) is 1. The third kappa shape index (κ3) is 6.01. The first-order valence-electron chi connectivity index (χ1n) is 12.4. The molecule has 2 heterocycles. The zero-order valence-electron chi connectivity index (χ0n) is 21.0. The number of halogens is 3. The average molecular weight is 545 g/mol. The molecule has 40 heavy (non-hydrogen) atoms. The van der Waals surface area contributed by atoms with Crippen LogP contribution in [0.4, 0.5) is 13.2 Å². The summed E-state index contributed by atoms with van der Waals surface area (Å²) in [5, 5.41) is 12.8. The van der Waals surface area contributed by atoms with E-state index in [0.29, 0.717) is 22.2 Å². The minimum Gasteiger partial charge on any atom is -0.488 e. The minimum atomic E-state index is -4.96.